The first-order valence-corrected chi connectivity index (χ1v) is 4.14. The number of nitrogens with two attached hydrogens (primary N) is 2. The smallest absolute Gasteiger partial charge is 0.291 e. The minimum absolute atomic E-state index is 0.178. The van der Waals surface area contributed by atoms with E-state index in [-0.39, 0.29) is 11.9 Å². The molecule has 0 spiro atoms. The molecule has 7 N–H and O–H groups in total. The van der Waals surface area contributed by atoms with E-state index in [9.17, 15) is 0 Å². The Balaban J connectivity index is 0. The highest BCUT2D eigenvalue weighted by molar-refractivity contribution is 5.95. The fraction of sp³-hybridized carbons (Fsp3) is 0.667. The second kappa shape index (κ2) is 10.0. The minimum atomic E-state index is -1.50. The van der Waals surface area contributed by atoms with Gasteiger partial charge < -0.3 is 16.7 Å². The van der Waals surface area contributed by atoms with E-state index in [1.807, 2.05) is 0 Å². The molecule has 0 unspecified atom stereocenters. The minimum Gasteiger partial charge on any atom is -0.370 e. The van der Waals surface area contributed by atoms with Gasteiger partial charge in [0.25, 0.3) is 5.09 Å². The lowest BCUT2D eigenvalue weighted by atomic mass is 10.3. The summed E-state index contributed by atoms with van der Waals surface area (Å²) in [4.78, 5) is 12.3. The van der Waals surface area contributed by atoms with Crippen LogP contribution in [0.5, 0.6) is 0 Å². The fourth-order valence-corrected chi connectivity index (χ4v) is 0.535. The van der Waals surface area contributed by atoms with Gasteiger partial charge in [-0.3, -0.25) is 15.7 Å². The zero-order valence-electron chi connectivity index (χ0n) is 8.43. The Hall–Kier alpha value is -2.06. The van der Waals surface area contributed by atoms with Gasteiger partial charge in [-0.05, 0) is 6.42 Å². The molecule has 0 heterocycles. The van der Waals surface area contributed by atoms with Crippen molar-refractivity contribution in [3.8, 4) is 0 Å². The van der Waals surface area contributed by atoms with Crippen molar-refractivity contribution < 1.29 is 10.3 Å². The lowest BCUT2D eigenvalue weighted by Gasteiger charge is -2.00. The first kappa shape index (κ1) is 15.4. The van der Waals surface area contributed by atoms with Crippen LogP contribution in [0.4, 0.5) is 0 Å². The number of aliphatic imine (C=N–C) groups is 1. The van der Waals surface area contributed by atoms with E-state index in [4.69, 9.17) is 32.2 Å². The lowest BCUT2D eigenvalue weighted by Crippen LogP contribution is -2.40. The van der Waals surface area contributed by atoms with Crippen LogP contribution in [-0.4, -0.2) is 28.8 Å². The summed E-state index contributed by atoms with van der Waals surface area (Å²) < 4.78 is 0. The average molecular weight is 220 g/mol. The van der Waals surface area contributed by atoms with Gasteiger partial charge in [0.2, 0.25) is 0 Å². The first-order chi connectivity index (χ1) is 6.90. The van der Waals surface area contributed by atoms with Crippen molar-refractivity contribution >= 4 is 11.9 Å². The van der Waals surface area contributed by atoms with Gasteiger partial charge in [0.05, 0.1) is 0 Å². The van der Waals surface area contributed by atoms with Crippen LogP contribution in [0.2, 0.25) is 0 Å². The van der Waals surface area contributed by atoms with Gasteiger partial charge in [-0.15, -0.1) is 10.1 Å². The molecule has 88 valence electrons. The number of hydrogen-bond donors (Lipinski definition) is 5. The van der Waals surface area contributed by atoms with E-state index in [2.05, 4.69) is 17.2 Å². The maximum absolute atomic E-state index is 8.36. The molecule has 0 fully saturated rings. The Bertz CT molecular complexity index is 225. The van der Waals surface area contributed by atoms with Gasteiger partial charge in [-0.1, -0.05) is 13.3 Å². The van der Waals surface area contributed by atoms with Crippen molar-refractivity contribution in [2.75, 3.05) is 6.54 Å². The summed E-state index contributed by atoms with van der Waals surface area (Å²) in [5.41, 5.74) is 10.3. The second-order valence-corrected chi connectivity index (χ2v) is 2.40. The van der Waals surface area contributed by atoms with Crippen molar-refractivity contribution in [2.45, 2.75) is 19.8 Å². The molecule has 15 heavy (non-hydrogen) atoms. The van der Waals surface area contributed by atoms with Crippen LogP contribution in [0, 0.1) is 15.5 Å². The molecule has 0 rings (SSSR count). The third kappa shape index (κ3) is 24.5. The summed E-state index contributed by atoms with van der Waals surface area (Å²) in [6, 6.07) is 0. The van der Waals surface area contributed by atoms with Crippen LogP contribution in [0.25, 0.3) is 0 Å². The Morgan fingerprint density at radius 2 is 2.13 bits per heavy atom. The van der Waals surface area contributed by atoms with Crippen molar-refractivity contribution in [1.29, 1.82) is 5.41 Å². The molecule has 0 bridgehead atoms. The topological polar surface area (TPSA) is 164 Å². The summed E-state index contributed by atoms with van der Waals surface area (Å²) in [7, 11) is 0. The van der Waals surface area contributed by atoms with Crippen LogP contribution < -0.4 is 16.8 Å². The van der Waals surface area contributed by atoms with Crippen LogP contribution in [0.3, 0.4) is 0 Å². The number of unbranched alkanes of at least 4 members (excludes halogenated alkanes) is 1. The maximum Gasteiger partial charge on any atom is 0.291 e. The maximum atomic E-state index is 8.36. The summed E-state index contributed by atoms with van der Waals surface area (Å²) in [5, 5.41) is 22.8. The number of nitrogens with zero attached hydrogens (tertiary/aromatic N) is 2. The van der Waals surface area contributed by atoms with E-state index >= 15 is 0 Å². The highest BCUT2D eigenvalue weighted by atomic mass is 16.9. The number of hydrogen-bond acceptors (Lipinski definition) is 4. The fourth-order valence-electron chi connectivity index (χ4n) is 0.535. The molecule has 0 aromatic rings. The Kier molecular flexibility index (Phi) is 10.3. The van der Waals surface area contributed by atoms with Gasteiger partial charge >= 0.3 is 0 Å². The van der Waals surface area contributed by atoms with Crippen LogP contribution in [0.1, 0.15) is 19.8 Å². The summed E-state index contributed by atoms with van der Waals surface area (Å²) in [5.74, 6) is 0.0358. The summed E-state index contributed by atoms with van der Waals surface area (Å²) >= 11 is 0. The number of rotatable bonds is 3. The quantitative estimate of drug-likeness (QED) is 0.138. The molecule has 0 saturated carbocycles. The van der Waals surface area contributed by atoms with Gasteiger partial charge in [0.15, 0.2) is 11.9 Å². The van der Waals surface area contributed by atoms with Crippen molar-refractivity contribution in [1.82, 2.24) is 5.32 Å². The van der Waals surface area contributed by atoms with E-state index < -0.39 is 5.09 Å². The molecular formula is C6H16N6O3. The van der Waals surface area contributed by atoms with Gasteiger partial charge in [-0.25, -0.2) is 0 Å². The predicted octanol–water partition coefficient (Wildman–Crippen LogP) is -0.763. The molecular weight excluding hydrogens is 204 g/mol. The van der Waals surface area contributed by atoms with Crippen LogP contribution in [-0.2, 0) is 0 Å². The third-order valence-corrected chi connectivity index (χ3v) is 1.06. The van der Waals surface area contributed by atoms with Gasteiger partial charge in [-0.2, -0.15) is 0 Å². The molecule has 0 aliphatic rings. The molecule has 0 saturated heterocycles. The monoisotopic (exact) mass is 220 g/mol. The number of nitrogens with one attached hydrogen (secondary N) is 2. The first-order valence-electron chi connectivity index (χ1n) is 4.14. The van der Waals surface area contributed by atoms with Gasteiger partial charge in [0.1, 0.15) is 0 Å². The molecule has 0 aromatic heterocycles. The average Bonchev–Trinajstić information content (AvgIpc) is 2.02. The highest BCUT2D eigenvalue weighted by Gasteiger charge is 1.90. The molecule has 0 aromatic carbocycles. The molecule has 0 aliphatic heterocycles. The standard InChI is InChI=1S/C6H15N5.HNO3/c1-2-3-4-10-6(9)11-5(7)8;2-1(3)4/h2-4H2,1H3,(H6,7,8,9,10,11);(H,2,3,4). The van der Waals surface area contributed by atoms with E-state index in [1.165, 1.54) is 0 Å². The molecule has 0 atom stereocenters. The van der Waals surface area contributed by atoms with Crippen LogP contribution in [0.15, 0.2) is 4.99 Å². The molecule has 9 nitrogen and oxygen atoms in total. The zero-order valence-corrected chi connectivity index (χ0v) is 8.43. The molecule has 0 radical (unpaired) electrons. The van der Waals surface area contributed by atoms with Crippen molar-refractivity contribution in [3.63, 3.8) is 0 Å². The highest BCUT2D eigenvalue weighted by Crippen LogP contribution is 1.85. The largest absolute Gasteiger partial charge is 0.370 e. The van der Waals surface area contributed by atoms with E-state index in [0.717, 1.165) is 12.8 Å². The van der Waals surface area contributed by atoms with Crippen LogP contribution >= 0.6 is 0 Å². The SMILES string of the molecule is CCCCN=C(N)NC(=N)N.O=[N+]([O-])O. The molecule has 0 aliphatic carbocycles. The lowest BCUT2D eigenvalue weighted by molar-refractivity contribution is -0.742. The zero-order chi connectivity index (χ0) is 12.3. The summed E-state index contributed by atoms with van der Waals surface area (Å²) in [6.45, 7) is 2.76. The van der Waals surface area contributed by atoms with E-state index in [0.29, 0.717) is 6.54 Å². The van der Waals surface area contributed by atoms with E-state index in [1.54, 1.807) is 0 Å². The normalized spacial score (nSPS) is 9.80. The van der Waals surface area contributed by atoms with Crippen molar-refractivity contribution in [2.24, 2.45) is 16.5 Å². The third-order valence-electron chi connectivity index (χ3n) is 1.06. The Labute approximate surface area is 86.8 Å². The molecule has 9 heteroatoms. The summed E-state index contributed by atoms with van der Waals surface area (Å²) in [6.07, 6.45) is 2.08. The predicted molar refractivity (Wildman–Crippen MR) is 55.2 cm³/mol. The number of guanidine groups is 2. The Morgan fingerprint density at radius 3 is 2.47 bits per heavy atom. The Morgan fingerprint density at radius 1 is 1.67 bits per heavy atom. The van der Waals surface area contributed by atoms with Crippen molar-refractivity contribution in [3.05, 3.63) is 10.1 Å². The van der Waals surface area contributed by atoms with Gasteiger partial charge in [0, 0.05) is 6.54 Å². The molecule has 0 amide bonds. The second-order valence-electron chi connectivity index (χ2n) is 2.40.